The standard InChI is InChI=1S/C12H7FN2O/c13-11-6-5-10(12-14-7-16-15-12)8-3-1-2-4-9(8)11/h1-7H. The summed E-state index contributed by atoms with van der Waals surface area (Å²) in [5, 5.41) is 5.10. The van der Waals surface area contributed by atoms with Crippen molar-refractivity contribution >= 4 is 10.8 Å². The molecule has 0 N–H and O–H groups in total. The highest BCUT2D eigenvalue weighted by Gasteiger charge is 2.09. The monoisotopic (exact) mass is 214 g/mol. The lowest BCUT2D eigenvalue weighted by Gasteiger charge is -2.03. The Morgan fingerprint density at radius 3 is 2.56 bits per heavy atom. The molecule has 0 aliphatic carbocycles. The smallest absolute Gasteiger partial charge is 0.214 e. The molecule has 0 radical (unpaired) electrons. The first-order chi connectivity index (χ1) is 7.86. The van der Waals surface area contributed by atoms with E-state index in [1.165, 1.54) is 12.5 Å². The van der Waals surface area contributed by atoms with Crippen LogP contribution in [0.15, 0.2) is 47.3 Å². The molecule has 0 bridgehead atoms. The average molecular weight is 214 g/mol. The minimum absolute atomic E-state index is 0.247. The zero-order valence-electron chi connectivity index (χ0n) is 8.22. The molecule has 0 spiro atoms. The van der Waals surface area contributed by atoms with Crippen LogP contribution < -0.4 is 0 Å². The van der Waals surface area contributed by atoms with Crippen LogP contribution in [0.25, 0.3) is 22.2 Å². The molecule has 0 saturated heterocycles. The van der Waals surface area contributed by atoms with Gasteiger partial charge in [0, 0.05) is 10.9 Å². The third-order valence-electron chi connectivity index (χ3n) is 2.47. The van der Waals surface area contributed by atoms with Crippen molar-refractivity contribution in [2.75, 3.05) is 0 Å². The van der Waals surface area contributed by atoms with Crippen molar-refractivity contribution in [3.63, 3.8) is 0 Å². The minimum Gasteiger partial charge on any atom is -0.342 e. The highest BCUT2D eigenvalue weighted by Crippen LogP contribution is 2.27. The van der Waals surface area contributed by atoms with Crippen LogP contribution in [0.3, 0.4) is 0 Å². The maximum Gasteiger partial charge on any atom is 0.214 e. The molecule has 16 heavy (non-hydrogen) atoms. The van der Waals surface area contributed by atoms with E-state index in [1.54, 1.807) is 18.2 Å². The largest absolute Gasteiger partial charge is 0.342 e. The van der Waals surface area contributed by atoms with Gasteiger partial charge in [0.1, 0.15) is 5.82 Å². The number of hydrogen-bond acceptors (Lipinski definition) is 3. The van der Waals surface area contributed by atoms with Gasteiger partial charge in [0.15, 0.2) is 0 Å². The maximum absolute atomic E-state index is 13.5. The molecule has 3 rings (SSSR count). The summed E-state index contributed by atoms with van der Waals surface area (Å²) in [5.74, 6) is 0.221. The third kappa shape index (κ3) is 1.27. The Morgan fingerprint density at radius 2 is 1.81 bits per heavy atom. The molecular formula is C12H7FN2O. The summed E-state index contributed by atoms with van der Waals surface area (Å²) < 4.78 is 18.2. The first-order valence-corrected chi connectivity index (χ1v) is 4.80. The molecule has 0 amide bonds. The molecule has 2 aromatic carbocycles. The Balaban J connectivity index is 2.39. The Bertz CT molecular complexity index is 635. The second-order valence-corrected chi connectivity index (χ2v) is 3.40. The van der Waals surface area contributed by atoms with Gasteiger partial charge in [-0.3, -0.25) is 0 Å². The quantitative estimate of drug-likeness (QED) is 0.625. The fraction of sp³-hybridized carbons (Fsp3) is 0. The number of hydrogen-bond donors (Lipinski definition) is 0. The summed E-state index contributed by atoms with van der Waals surface area (Å²) in [7, 11) is 0. The number of rotatable bonds is 1. The van der Waals surface area contributed by atoms with Gasteiger partial charge in [-0.15, -0.1) is 0 Å². The first-order valence-electron chi connectivity index (χ1n) is 4.80. The maximum atomic E-state index is 13.5. The van der Waals surface area contributed by atoms with Crippen LogP contribution in [-0.2, 0) is 0 Å². The molecular weight excluding hydrogens is 207 g/mol. The van der Waals surface area contributed by atoms with Crippen molar-refractivity contribution in [1.29, 1.82) is 0 Å². The Labute approximate surface area is 90.5 Å². The number of fused-ring (bicyclic) bond motifs is 1. The Kier molecular flexibility index (Phi) is 1.93. The van der Waals surface area contributed by atoms with Crippen molar-refractivity contribution in [1.82, 2.24) is 10.1 Å². The van der Waals surface area contributed by atoms with Crippen molar-refractivity contribution < 1.29 is 8.91 Å². The zero-order chi connectivity index (χ0) is 11.0. The zero-order valence-corrected chi connectivity index (χ0v) is 8.22. The number of halogens is 1. The normalized spacial score (nSPS) is 10.8. The average Bonchev–Trinajstić information content (AvgIpc) is 2.83. The van der Waals surface area contributed by atoms with Crippen LogP contribution in [0.2, 0.25) is 0 Å². The van der Waals surface area contributed by atoms with Crippen LogP contribution in [0, 0.1) is 5.82 Å². The third-order valence-corrected chi connectivity index (χ3v) is 2.47. The van der Waals surface area contributed by atoms with E-state index in [-0.39, 0.29) is 5.82 Å². The summed E-state index contributed by atoms with van der Waals surface area (Å²) >= 11 is 0. The van der Waals surface area contributed by atoms with E-state index in [0.29, 0.717) is 11.2 Å². The van der Waals surface area contributed by atoms with E-state index < -0.39 is 0 Å². The molecule has 3 aromatic rings. The second kappa shape index (κ2) is 3.41. The molecule has 3 nitrogen and oxygen atoms in total. The van der Waals surface area contributed by atoms with Crippen molar-refractivity contribution in [3.8, 4) is 11.4 Å². The number of benzene rings is 2. The van der Waals surface area contributed by atoms with Crippen LogP contribution in [0.4, 0.5) is 4.39 Å². The van der Waals surface area contributed by atoms with Gasteiger partial charge in [0.05, 0.1) is 0 Å². The Morgan fingerprint density at radius 1 is 1.00 bits per heavy atom. The molecule has 1 heterocycles. The SMILES string of the molecule is Fc1ccc(-c2ncon2)c2ccccc12. The summed E-state index contributed by atoms with van der Waals surface area (Å²) in [5.41, 5.74) is 0.769. The van der Waals surface area contributed by atoms with E-state index in [2.05, 4.69) is 10.1 Å². The van der Waals surface area contributed by atoms with Gasteiger partial charge in [0.2, 0.25) is 12.2 Å². The minimum atomic E-state index is -0.247. The van der Waals surface area contributed by atoms with E-state index in [0.717, 1.165) is 10.9 Å². The van der Waals surface area contributed by atoms with Gasteiger partial charge in [0.25, 0.3) is 0 Å². The second-order valence-electron chi connectivity index (χ2n) is 3.40. The Hall–Kier alpha value is -2.23. The first kappa shape index (κ1) is 9.03. The van der Waals surface area contributed by atoms with Gasteiger partial charge >= 0.3 is 0 Å². The number of aromatic nitrogens is 2. The molecule has 0 fully saturated rings. The molecule has 0 aliphatic rings. The van der Waals surface area contributed by atoms with Gasteiger partial charge in [-0.25, -0.2) is 4.39 Å². The van der Waals surface area contributed by atoms with Crippen LogP contribution in [0.5, 0.6) is 0 Å². The predicted molar refractivity (Wildman–Crippen MR) is 57.2 cm³/mol. The number of nitrogens with zero attached hydrogens (tertiary/aromatic N) is 2. The fourth-order valence-corrected chi connectivity index (χ4v) is 1.75. The van der Waals surface area contributed by atoms with Crippen molar-refractivity contribution in [3.05, 3.63) is 48.6 Å². The topological polar surface area (TPSA) is 38.9 Å². The molecule has 78 valence electrons. The van der Waals surface area contributed by atoms with E-state index in [9.17, 15) is 4.39 Å². The van der Waals surface area contributed by atoms with E-state index in [1.807, 2.05) is 12.1 Å². The lowest BCUT2D eigenvalue weighted by molar-refractivity contribution is 0.419. The summed E-state index contributed by atoms with van der Waals surface area (Å²) in [6, 6.07) is 10.3. The lowest BCUT2D eigenvalue weighted by Crippen LogP contribution is -1.86. The van der Waals surface area contributed by atoms with Gasteiger partial charge in [-0.05, 0) is 17.5 Å². The van der Waals surface area contributed by atoms with Gasteiger partial charge in [-0.1, -0.05) is 29.4 Å². The van der Waals surface area contributed by atoms with Crippen LogP contribution >= 0.6 is 0 Å². The molecule has 0 unspecified atom stereocenters. The van der Waals surface area contributed by atoms with Crippen molar-refractivity contribution in [2.45, 2.75) is 0 Å². The highest BCUT2D eigenvalue weighted by molar-refractivity contribution is 5.95. The molecule has 1 aromatic heterocycles. The van der Waals surface area contributed by atoms with Gasteiger partial charge < -0.3 is 4.52 Å². The van der Waals surface area contributed by atoms with Crippen LogP contribution in [-0.4, -0.2) is 10.1 Å². The van der Waals surface area contributed by atoms with E-state index in [4.69, 9.17) is 4.52 Å². The summed E-state index contributed by atoms with van der Waals surface area (Å²) in [4.78, 5) is 3.97. The van der Waals surface area contributed by atoms with E-state index >= 15 is 0 Å². The fourth-order valence-electron chi connectivity index (χ4n) is 1.75. The van der Waals surface area contributed by atoms with Crippen molar-refractivity contribution in [2.24, 2.45) is 0 Å². The molecule has 4 heteroatoms. The molecule has 0 saturated carbocycles. The summed E-state index contributed by atoms with van der Waals surface area (Å²) in [6.45, 7) is 0. The highest BCUT2D eigenvalue weighted by atomic mass is 19.1. The molecule has 0 aliphatic heterocycles. The molecule has 0 atom stereocenters. The predicted octanol–water partition coefficient (Wildman–Crippen LogP) is 3.03. The van der Waals surface area contributed by atoms with Crippen LogP contribution in [0.1, 0.15) is 0 Å². The lowest BCUT2D eigenvalue weighted by atomic mass is 10.0. The van der Waals surface area contributed by atoms with Gasteiger partial charge in [-0.2, -0.15) is 4.98 Å². The summed E-state index contributed by atoms with van der Waals surface area (Å²) in [6.07, 6.45) is 1.26.